The molecule has 0 spiro atoms. The van der Waals surface area contributed by atoms with E-state index in [9.17, 15) is 18.0 Å². The van der Waals surface area contributed by atoms with Crippen molar-refractivity contribution < 1.29 is 22.7 Å². The van der Waals surface area contributed by atoms with E-state index in [0.29, 0.717) is 12.3 Å². The molecule has 4 aromatic rings. The first-order valence-corrected chi connectivity index (χ1v) is 16.4. The average Bonchev–Trinajstić information content (AvgIpc) is 3.02. The highest BCUT2D eigenvalue weighted by atomic mass is 79.9. The quantitative estimate of drug-likeness (QED) is 0.195. The molecule has 0 saturated carbocycles. The predicted octanol–water partition coefficient (Wildman–Crippen LogP) is 5.74. The van der Waals surface area contributed by atoms with Crippen LogP contribution in [0.15, 0.2) is 112 Å². The van der Waals surface area contributed by atoms with Crippen LogP contribution in [0.25, 0.3) is 0 Å². The van der Waals surface area contributed by atoms with Crippen LogP contribution in [-0.2, 0) is 32.6 Å². The molecule has 10 heteroatoms. The molecule has 1 N–H and O–H groups in total. The minimum atomic E-state index is -4.23. The average molecular weight is 679 g/mol. The number of likely N-dealkylation sites (N-methyl/N-ethyl adjacent to an activating group) is 1. The van der Waals surface area contributed by atoms with Crippen LogP contribution in [-0.4, -0.2) is 51.4 Å². The number of anilines is 1. The maximum atomic E-state index is 14.5. The van der Waals surface area contributed by atoms with Crippen molar-refractivity contribution in [3.8, 4) is 5.75 Å². The Balaban J connectivity index is 1.84. The number of rotatable bonds is 13. The number of benzene rings is 4. The topological polar surface area (TPSA) is 96.0 Å². The molecule has 0 aromatic heterocycles. The van der Waals surface area contributed by atoms with Crippen molar-refractivity contribution in [3.05, 3.63) is 124 Å². The smallest absolute Gasteiger partial charge is 0.264 e. The van der Waals surface area contributed by atoms with Crippen LogP contribution in [0.2, 0.25) is 0 Å². The number of ether oxygens (including phenoxy) is 1. The van der Waals surface area contributed by atoms with Crippen molar-refractivity contribution in [2.45, 2.75) is 37.8 Å². The van der Waals surface area contributed by atoms with Gasteiger partial charge in [0.1, 0.15) is 18.3 Å². The number of hydrogen-bond acceptors (Lipinski definition) is 5. The summed E-state index contributed by atoms with van der Waals surface area (Å²) in [7, 11) is -2.78. The first-order chi connectivity index (χ1) is 21.1. The molecule has 8 nitrogen and oxygen atoms in total. The lowest BCUT2D eigenvalue weighted by atomic mass is 10.0. The van der Waals surface area contributed by atoms with Gasteiger partial charge in [-0.05, 0) is 66.9 Å². The van der Waals surface area contributed by atoms with Gasteiger partial charge in [-0.3, -0.25) is 13.9 Å². The Bertz CT molecular complexity index is 1680. The molecule has 2 amide bonds. The summed E-state index contributed by atoms with van der Waals surface area (Å²) in [5, 5.41) is 2.87. The summed E-state index contributed by atoms with van der Waals surface area (Å²) in [4.78, 5) is 29.6. The van der Waals surface area contributed by atoms with Crippen molar-refractivity contribution in [3.63, 3.8) is 0 Å². The third kappa shape index (κ3) is 8.06. The number of halogens is 1. The molecule has 0 heterocycles. The van der Waals surface area contributed by atoms with E-state index in [0.717, 1.165) is 25.5 Å². The van der Waals surface area contributed by atoms with E-state index in [2.05, 4.69) is 21.2 Å². The van der Waals surface area contributed by atoms with Crippen LogP contribution in [0.1, 0.15) is 23.6 Å². The van der Waals surface area contributed by atoms with Gasteiger partial charge in [-0.2, -0.15) is 0 Å². The molecule has 0 aliphatic carbocycles. The zero-order valence-electron chi connectivity index (χ0n) is 24.9. The highest BCUT2D eigenvalue weighted by molar-refractivity contribution is 9.10. The van der Waals surface area contributed by atoms with Crippen LogP contribution >= 0.6 is 15.9 Å². The Morgan fingerprint density at radius 3 is 2.18 bits per heavy atom. The van der Waals surface area contributed by atoms with E-state index in [4.69, 9.17) is 4.74 Å². The molecule has 4 rings (SSSR count). The second-order valence-corrected chi connectivity index (χ2v) is 13.0. The highest BCUT2D eigenvalue weighted by Gasteiger charge is 2.35. The van der Waals surface area contributed by atoms with Gasteiger partial charge >= 0.3 is 0 Å². The van der Waals surface area contributed by atoms with Gasteiger partial charge in [0.05, 0.1) is 17.7 Å². The Hall–Kier alpha value is -4.15. The van der Waals surface area contributed by atoms with Gasteiger partial charge in [0.15, 0.2) is 0 Å². The molecule has 0 fully saturated rings. The third-order valence-electron chi connectivity index (χ3n) is 7.08. The predicted molar refractivity (Wildman–Crippen MR) is 176 cm³/mol. The van der Waals surface area contributed by atoms with Crippen LogP contribution in [0.4, 0.5) is 5.69 Å². The number of methoxy groups -OCH3 is 1. The second kappa shape index (κ2) is 15.0. The molecular formula is C34H36BrN3O5S. The van der Waals surface area contributed by atoms with E-state index < -0.39 is 28.5 Å². The number of nitrogens with one attached hydrogen (secondary N) is 1. The largest absolute Gasteiger partial charge is 0.495 e. The molecule has 44 heavy (non-hydrogen) atoms. The van der Waals surface area contributed by atoms with E-state index in [-0.39, 0.29) is 29.5 Å². The normalized spacial score (nSPS) is 11.8. The number of carbonyl (C=O) groups excluding carboxylic acids is 2. The molecule has 0 aliphatic heterocycles. The zero-order chi connectivity index (χ0) is 31.7. The minimum absolute atomic E-state index is 0.0273. The Labute approximate surface area is 267 Å². The number of aryl methyl sites for hydroxylation is 1. The maximum Gasteiger partial charge on any atom is 0.264 e. The first-order valence-electron chi connectivity index (χ1n) is 14.2. The molecule has 0 aliphatic rings. The Kier molecular flexibility index (Phi) is 11.2. The number of sulfonamides is 1. The monoisotopic (exact) mass is 677 g/mol. The molecule has 0 bridgehead atoms. The van der Waals surface area contributed by atoms with Gasteiger partial charge in [-0.25, -0.2) is 8.42 Å². The van der Waals surface area contributed by atoms with Crippen molar-refractivity contribution >= 4 is 43.5 Å². The van der Waals surface area contributed by atoms with Gasteiger partial charge in [0.25, 0.3) is 10.0 Å². The van der Waals surface area contributed by atoms with Crippen molar-refractivity contribution in [2.75, 3.05) is 24.5 Å². The molecule has 4 aromatic carbocycles. The lowest BCUT2D eigenvalue weighted by molar-refractivity contribution is -0.140. The van der Waals surface area contributed by atoms with Gasteiger partial charge in [0, 0.05) is 24.0 Å². The summed E-state index contributed by atoms with van der Waals surface area (Å²) in [6.07, 6.45) is 0.242. The number of carbonyl (C=O) groups is 2. The van der Waals surface area contributed by atoms with E-state index in [1.54, 1.807) is 30.3 Å². The van der Waals surface area contributed by atoms with E-state index >= 15 is 0 Å². The maximum absolute atomic E-state index is 14.5. The van der Waals surface area contributed by atoms with Crippen LogP contribution in [0.5, 0.6) is 5.75 Å². The van der Waals surface area contributed by atoms with Crippen LogP contribution in [0.3, 0.4) is 0 Å². The molecule has 1 atom stereocenters. The number of amides is 2. The molecule has 230 valence electrons. The lowest BCUT2D eigenvalue weighted by Crippen LogP contribution is -2.53. The lowest BCUT2D eigenvalue weighted by Gasteiger charge is -2.34. The summed E-state index contributed by atoms with van der Waals surface area (Å²) in [6, 6.07) is 29.1. The van der Waals surface area contributed by atoms with Crippen LogP contribution < -0.4 is 14.4 Å². The second-order valence-electron chi connectivity index (χ2n) is 10.3. The van der Waals surface area contributed by atoms with E-state index in [1.165, 1.54) is 24.1 Å². The minimum Gasteiger partial charge on any atom is -0.495 e. The summed E-state index contributed by atoms with van der Waals surface area (Å²) >= 11 is 3.50. The molecule has 1 unspecified atom stereocenters. The first kappa shape index (κ1) is 32.8. The van der Waals surface area contributed by atoms with Crippen LogP contribution in [0, 0.1) is 6.92 Å². The summed E-state index contributed by atoms with van der Waals surface area (Å²) < 4.78 is 35.8. The number of hydrogen-bond donors (Lipinski definition) is 1. The SMILES string of the molecule is CCNC(=O)C(Cc1ccccc1)N(Cc1cccc(Br)c1)C(=O)CN(c1cc(C)ccc1OC)S(=O)(=O)c1ccccc1. The van der Waals surface area contributed by atoms with Gasteiger partial charge in [-0.1, -0.05) is 82.7 Å². The van der Waals surface area contributed by atoms with E-state index in [1.807, 2.05) is 74.5 Å². The molecule has 0 radical (unpaired) electrons. The van der Waals surface area contributed by atoms with Gasteiger partial charge < -0.3 is 15.0 Å². The Morgan fingerprint density at radius 1 is 0.886 bits per heavy atom. The fourth-order valence-corrected chi connectivity index (χ4v) is 6.79. The van der Waals surface area contributed by atoms with Gasteiger partial charge in [0.2, 0.25) is 11.8 Å². The fraction of sp³-hybridized carbons (Fsp3) is 0.235. The summed E-state index contributed by atoms with van der Waals surface area (Å²) in [5.74, 6) is -0.573. The van der Waals surface area contributed by atoms with Crippen molar-refractivity contribution in [1.82, 2.24) is 10.2 Å². The molecule has 0 saturated heterocycles. The summed E-state index contributed by atoms with van der Waals surface area (Å²) in [5.41, 5.74) is 2.66. The summed E-state index contributed by atoms with van der Waals surface area (Å²) in [6.45, 7) is 3.55. The fourth-order valence-electron chi connectivity index (χ4n) is 4.91. The van der Waals surface area contributed by atoms with Crippen molar-refractivity contribution in [2.24, 2.45) is 0 Å². The Morgan fingerprint density at radius 2 is 1.55 bits per heavy atom. The highest BCUT2D eigenvalue weighted by Crippen LogP contribution is 2.34. The standard InChI is InChI=1S/C34H36BrN3O5S/c1-4-36-34(40)31(22-26-12-7-5-8-13-26)37(23-27-14-11-15-28(35)21-27)33(39)24-38(30-20-25(2)18-19-32(30)43-3)44(41,42)29-16-9-6-10-17-29/h5-21,31H,4,22-24H2,1-3H3,(H,36,40). The van der Waals surface area contributed by atoms with Crippen molar-refractivity contribution in [1.29, 1.82) is 0 Å². The van der Waals surface area contributed by atoms with Gasteiger partial charge in [-0.15, -0.1) is 0 Å². The zero-order valence-corrected chi connectivity index (χ0v) is 27.3. The number of nitrogens with zero attached hydrogens (tertiary/aromatic N) is 2. The molecular weight excluding hydrogens is 642 g/mol. The third-order valence-corrected chi connectivity index (χ3v) is 9.34.